The molecule has 0 amide bonds. The van der Waals surface area contributed by atoms with Crippen LogP contribution in [0.15, 0.2) is 67.8 Å². The van der Waals surface area contributed by atoms with Crippen molar-refractivity contribution in [2.45, 2.75) is 19.9 Å². The van der Waals surface area contributed by atoms with Gasteiger partial charge in [0.1, 0.15) is 11.5 Å². The second-order valence-electron chi connectivity index (χ2n) is 9.19. The highest BCUT2D eigenvalue weighted by molar-refractivity contribution is 5.83. The lowest BCUT2D eigenvalue weighted by atomic mass is 9.99. The second-order valence-corrected chi connectivity index (χ2v) is 9.19. The Morgan fingerprint density at radius 2 is 2.03 bits per heavy atom. The van der Waals surface area contributed by atoms with E-state index in [0.717, 1.165) is 74.5 Å². The molecule has 0 aromatic carbocycles. The number of allylic oxidation sites excluding steroid dienone is 4. The first-order valence-electron chi connectivity index (χ1n) is 12.1. The molecule has 4 aromatic rings. The van der Waals surface area contributed by atoms with Gasteiger partial charge in [0.25, 0.3) is 0 Å². The molecule has 0 saturated carbocycles. The molecule has 0 aliphatic carbocycles. The summed E-state index contributed by atoms with van der Waals surface area (Å²) in [6.45, 7) is 13.8. The summed E-state index contributed by atoms with van der Waals surface area (Å²) in [5.41, 5.74) is 13.5. The van der Waals surface area contributed by atoms with Crippen LogP contribution in [-0.4, -0.2) is 49.3 Å². The maximum Gasteiger partial charge on any atom is 0.147 e. The van der Waals surface area contributed by atoms with E-state index in [9.17, 15) is 0 Å². The van der Waals surface area contributed by atoms with Crippen molar-refractivity contribution < 1.29 is 0 Å². The normalized spacial score (nSPS) is 15.2. The molecular formula is C29H30N8. The van der Waals surface area contributed by atoms with Crippen molar-refractivity contribution in [1.82, 2.24) is 30.1 Å². The van der Waals surface area contributed by atoms with E-state index in [0.29, 0.717) is 0 Å². The number of rotatable bonds is 7. The minimum Gasteiger partial charge on any atom is -0.357 e. The number of pyridine rings is 1. The maximum atomic E-state index is 5.91. The number of aryl methyl sites for hydroxylation is 1. The minimum absolute atomic E-state index is 0.208. The Morgan fingerprint density at radius 3 is 2.76 bits per heavy atom. The summed E-state index contributed by atoms with van der Waals surface area (Å²) >= 11 is 0. The van der Waals surface area contributed by atoms with Crippen LogP contribution < -0.4 is 21.2 Å². The van der Waals surface area contributed by atoms with Crippen molar-refractivity contribution in [2.24, 2.45) is 5.73 Å². The van der Waals surface area contributed by atoms with E-state index in [4.69, 9.17) is 10.7 Å². The summed E-state index contributed by atoms with van der Waals surface area (Å²) in [5.74, 6) is 0.850. The lowest BCUT2D eigenvalue weighted by Crippen LogP contribution is -2.56. The van der Waals surface area contributed by atoms with Crippen LogP contribution in [0.3, 0.4) is 0 Å². The SMILES string of the molecule is C=C/C=C(/c1cccnc1)c1cc(-c2n[nH]/c(=C/C=C(\C)c3cncc(N4CC(N)C4)n3)c2=C)[nH]c1C. The molecule has 1 fully saturated rings. The Kier molecular flexibility index (Phi) is 6.66. The minimum atomic E-state index is 0.208. The van der Waals surface area contributed by atoms with Crippen LogP contribution in [0.1, 0.15) is 29.4 Å². The van der Waals surface area contributed by atoms with Gasteiger partial charge in [0.15, 0.2) is 0 Å². The van der Waals surface area contributed by atoms with Gasteiger partial charge in [-0.2, -0.15) is 5.10 Å². The summed E-state index contributed by atoms with van der Waals surface area (Å²) < 4.78 is 0. The topological polar surface area (TPSA) is 112 Å². The van der Waals surface area contributed by atoms with Crippen molar-refractivity contribution in [2.75, 3.05) is 18.0 Å². The van der Waals surface area contributed by atoms with E-state index in [1.54, 1.807) is 24.7 Å². The zero-order valence-electron chi connectivity index (χ0n) is 21.1. The van der Waals surface area contributed by atoms with Crippen molar-refractivity contribution in [3.8, 4) is 11.4 Å². The van der Waals surface area contributed by atoms with Crippen molar-refractivity contribution in [1.29, 1.82) is 0 Å². The van der Waals surface area contributed by atoms with Gasteiger partial charge in [-0.25, -0.2) is 4.98 Å². The predicted octanol–water partition coefficient (Wildman–Crippen LogP) is 2.96. The van der Waals surface area contributed by atoms with Gasteiger partial charge < -0.3 is 15.6 Å². The van der Waals surface area contributed by atoms with E-state index in [1.807, 2.05) is 50.4 Å². The van der Waals surface area contributed by atoms with E-state index in [-0.39, 0.29) is 6.04 Å². The molecule has 0 atom stereocenters. The lowest BCUT2D eigenvalue weighted by molar-refractivity contribution is 0.513. The van der Waals surface area contributed by atoms with Crippen LogP contribution in [0.2, 0.25) is 0 Å². The Bertz CT molecular complexity index is 1600. The second kappa shape index (κ2) is 10.2. The number of nitrogens with two attached hydrogens (primary N) is 1. The third-order valence-electron chi connectivity index (χ3n) is 6.48. The first-order valence-corrected chi connectivity index (χ1v) is 12.1. The summed E-state index contributed by atoms with van der Waals surface area (Å²) in [6.07, 6.45) is 14.9. The monoisotopic (exact) mass is 490 g/mol. The number of aromatic amines is 2. The average molecular weight is 491 g/mol. The molecule has 1 aliphatic heterocycles. The van der Waals surface area contributed by atoms with Crippen molar-refractivity contribution >= 4 is 29.6 Å². The Morgan fingerprint density at radius 1 is 1.19 bits per heavy atom. The van der Waals surface area contributed by atoms with Gasteiger partial charge >= 0.3 is 0 Å². The first-order chi connectivity index (χ1) is 17.9. The Hall–Kier alpha value is -4.56. The molecule has 0 radical (unpaired) electrons. The van der Waals surface area contributed by atoms with E-state index < -0.39 is 0 Å². The molecule has 0 unspecified atom stereocenters. The molecule has 0 bridgehead atoms. The van der Waals surface area contributed by atoms with Gasteiger partial charge in [-0.15, -0.1) is 0 Å². The molecule has 5 rings (SSSR count). The third-order valence-corrected chi connectivity index (χ3v) is 6.48. The number of H-pyrrole nitrogens is 2. The van der Waals surface area contributed by atoms with Gasteiger partial charge in [0.05, 0.1) is 29.1 Å². The summed E-state index contributed by atoms with van der Waals surface area (Å²) in [6, 6.07) is 6.27. The van der Waals surface area contributed by atoms with Crippen LogP contribution in [0.4, 0.5) is 5.82 Å². The first kappa shape index (κ1) is 24.1. The summed E-state index contributed by atoms with van der Waals surface area (Å²) in [4.78, 5) is 19.0. The van der Waals surface area contributed by atoms with Gasteiger partial charge in [-0.05, 0) is 43.2 Å². The number of hydrogen-bond acceptors (Lipinski definition) is 6. The molecule has 0 spiro atoms. The highest BCUT2D eigenvalue weighted by Crippen LogP contribution is 2.29. The van der Waals surface area contributed by atoms with Crippen LogP contribution in [-0.2, 0) is 0 Å². The number of aromatic nitrogens is 6. The van der Waals surface area contributed by atoms with Crippen LogP contribution in [0, 0.1) is 6.92 Å². The molecule has 4 N–H and O–H groups in total. The smallest absolute Gasteiger partial charge is 0.147 e. The fourth-order valence-corrected chi connectivity index (χ4v) is 4.38. The molecule has 186 valence electrons. The average Bonchev–Trinajstić information content (AvgIpc) is 3.46. The van der Waals surface area contributed by atoms with E-state index >= 15 is 0 Å². The number of nitrogens with one attached hydrogen (secondary N) is 2. The molecule has 1 saturated heterocycles. The molecular weight excluding hydrogens is 460 g/mol. The van der Waals surface area contributed by atoms with Crippen LogP contribution in [0.5, 0.6) is 0 Å². The molecule has 8 nitrogen and oxygen atoms in total. The fraction of sp³-hybridized carbons (Fsp3) is 0.172. The van der Waals surface area contributed by atoms with Crippen LogP contribution in [0.25, 0.3) is 35.2 Å². The maximum absolute atomic E-state index is 5.91. The number of anilines is 1. The van der Waals surface area contributed by atoms with Gasteiger partial charge in [0, 0.05) is 53.6 Å². The molecule has 8 heteroatoms. The molecule has 5 heterocycles. The zero-order chi connectivity index (χ0) is 25.9. The summed E-state index contributed by atoms with van der Waals surface area (Å²) in [7, 11) is 0. The highest BCUT2D eigenvalue weighted by Gasteiger charge is 2.24. The third kappa shape index (κ3) is 4.92. The number of hydrogen-bond donors (Lipinski definition) is 3. The van der Waals surface area contributed by atoms with Crippen molar-refractivity contribution in [3.63, 3.8) is 0 Å². The Balaban J connectivity index is 1.43. The van der Waals surface area contributed by atoms with E-state index in [1.165, 1.54) is 0 Å². The van der Waals surface area contributed by atoms with Gasteiger partial charge in [-0.3, -0.25) is 15.1 Å². The zero-order valence-corrected chi connectivity index (χ0v) is 21.1. The van der Waals surface area contributed by atoms with Gasteiger partial charge in [0.2, 0.25) is 0 Å². The molecule has 37 heavy (non-hydrogen) atoms. The van der Waals surface area contributed by atoms with Crippen LogP contribution >= 0.6 is 0 Å². The predicted molar refractivity (Wildman–Crippen MR) is 150 cm³/mol. The summed E-state index contributed by atoms with van der Waals surface area (Å²) in [5, 5.41) is 9.31. The largest absolute Gasteiger partial charge is 0.357 e. The van der Waals surface area contributed by atoms with E-state index in [2.05, 4.69) is 49.3 Å². The molecule has 1 aliphatic rings. The number of nitrogens with zero attached hydrogens (tertiary/aromatic N) is 5. The van der Waals surface area contributed by atoms with Gasteiger partial charge in [-0.1, -0.05) is 37.5 Å². The lowest BCUT2D eigenvalue weighted by Gasteiger charge is -2.37. The fourth-order valence-electron chi connectivity index (χ4n) is 4.38. The Labute approximate surface area is 215 Å². The standard InChI is InChI=1S/C29H30N8/c1-5-7-23(21-8-6-11-31-13-21)24-12-26(33-20(24)4)29-19(3)25(35-36-29)10-9-18(2)27-14-32-15-28(34-27)37-16-22(30)17-37/h5-15,22,33,35H,1,3,16-17,30H2,2,4H3/b18-9+,23-7-,25-10+. The quantitative estimate of drug-likeness (QED) is 0.344. The molecule has 4 aromatic heterocycles. The highest BCUT2D eigenvalue weighted by atomic mass is 15.3. The van der Waals surface area contributed by atoms with Crippen molar-refractivity contribution in [3.05, 3.63) is 101 Å².